The third-order valence-corrected chi connectivity index (χ3v) is 5.43. The summed E-state index contributed by atoms with van der Waals surface area (Å²) >= 11 is 0. The first-order valence-corrected chi connectivity index (χ1v) is 8.06. The minimum Gasteiger partial charge on any atom is -0.339 e. The van der Waals surface area contributed by atoms with Crippen LogP contribution in [0.15, 0.2) is 34.9 Å². The summed E-state index contributed by atoms with van der Waals surface area (Å²) in [4.78, 5) is 4.75. The maximum absolute atomic E-state index is 5.63. The number of aromatic nitrogens is 2. The number of rotatable bonds is 3. The summed E-state index contributed by atoms with van der Waals surface area (Å²) in [6.07, 6.45) is 5.04. The van der Waals surface area contributed by atoms with Crippen LogP contribution in [0.4, 0.5) is 0 Å². The molecule has 1 aromatic carbocycles. The van der Waals surface area contributed by atoms with Crippen molar-refractivity contribution in [3.8, 4) is 0 Å². The van der Waals surface area contributed by atoms with Crippen molar-refractivity contribution in [1.29, 1.82) is 0 Å². The summed E-state index contributed by atoms with van der Waals surface area (Å²) in [6.45, 7) is 4.60. The number of benzene rings is 1. The van der Waals surface area contributed by atoms with Crippen molar-refractivity contribution in [2.75, 3.05) is 0 Å². The predicted molar refractivity (Wildman–Crippen MR) is 81.2 cm³/mol. The lowest BCUT2D eigenvalue weighted by Crippen LogP contribution is -1.95. The van der Waals surface area contributed by atoms with Gasteiger partial charge < -0.3 is 4.52 Å². The predicted octanol–water partition coefficient (Wildman–Crippen LogP) is 4.63. The maximum Gasteiger partial charge on any atom is 0.230 e. The van der Waals surface area contributed by atoms with Crippen molar-refractivity contribution in [2.45, 2.75) is 57.3 Å². The van der Waals surface area contributed by atoms with Crippen LogP contribution in [0.2, 0.25) is 0 Å². The molecule has 1 heterocycles. The molecule has 0 aliphatic heterocycles. The second-order valence-corrected chi connectivity index (χ2v) is 7.16. The summed E-state index contributed by atoms with van der Waals surface area (Å²) in [5.74, 6) is 3.17. The van der Waals surface area contributed by atoms with Crippen molar-refractivity contribution in [1.82, 2.24) is 10.1 Å². The monoisotopic (exact) mass is 282 g/mol. The average molecular weight is 282 g/mol. The Labute approximate surface area is 125 Å². The average Bonchev–Trinajstić information content (AvgIpc) is 2.95. The van der Waals surface area contributed by atoms with Crippen LogP contribution in [-0.4, -0.2) is 10.1 Å². The van der Waals surface area contributed by atoms with Gasteiger partial charge in [0.15, 0.2) is 5.82 Å². The molecule has 0 saturated heterocycles. The van der Waals surface area contributed by atoms with Crippen molar-refractivity contribution in [2.24, 2.45) is 5.41 Å². The van der Waals surface area contributed by atoms with Gasteiger partial charge in [-0.1, -0.05) is 62.2 Å². The van der Waals surface area contributed by atoms with E-state index in [-0.39, 0.29) is 5.41 Å². The molecule has 2 aliphatic rings. The molecule has 3 heteroatoms. The first kappa shape index (κ1) is 13.1. The van der Waals surface area contributed by atoms with Gasteiger partial charge in [-0.3, -0.25) is 0 Å². The van der Waals surface area contributed by atoms with Gasteiger partial charge in [0.1, 0.15) is 0 Å². The zero-order valence-electron chi connectivity index (χ0n) is 12.7. The van der Waals surface area contributed by atoms with Gasteiger partial charge in [0.05, 0.1) is 5.92 Å². The van der Waals surface area contributed by atoms with Crippen molar-refractivity contribution in [3.63, 3.8) is 0 Å². The zero-order chi connectivity index (χ0) is 14.4. The van der Waals surface area contributed by atoms with Crippen LogP contribution in [0.5, 0.6) is 0 Å². The number of nitrogens with zero attached hydrogens (tertiary/aromatic N) is 2. The lowest BCUT2D eigenvalue weighted by atomic mass is 10.0. The fourth-order valence-electron chi connectivity index (χ4n) is 4.10. The Kier molecular flexibility index (Phi) is 2.91. The first-order valence-electron chi connectivity index (χ1n) is 8.06. The van der Waals surface area contributed by atoms with Crippen LogP contribution < -0.4 is 0 Å². The smallest absolute Gasteiger partial charge is 0.230 e. The number of hydrogen-bond donors (Lipinski definition) is 0. The van der Waals surface area contributed by atoms with Crippen molar-refractivity contribution < 1.29 is 4.52 Å². The molecule has 0 unspecified atom stereocenters. The molecule has 0 spiro atoms. The van der Waals surface area contributed by atoms with E-state index in [0.29, 0.717) is 17.8 Å². The molecule has 0 bridgehead atoms. The first-order chi connectivity index (χ1) is 10.2. The molecule has 2 aromatic rings. The Bertz CT molecular complexity index is 626. The molecule has 1 aromatic heterocycles. The highest BCUT2D eigenvalue weighted by molar-refractivity contribution is 5.37. The van der Waals surface area contributed by atoms with Crippen molar-refractivity contribution >= 4 is 0 Å². The van der Waals surface area contributed by atoms with E-state index in [1.165, 1.54) is 31.2 Å². The normalized spacial score (nSPS) is 27.9. The van der Waals surface area contributed by atoms with E-state index in [1.54, 1.807) is 0 Å². The highest BCUT2D eigenvalue weighted by atomic mass is 16.5. The largest absolute Gasteiger partial charge is 0.339 e. The fraction of sp³-hybridized carbons (Fsp3) is 0.556. The molecule has 21 heavy (non-hydrogen) atoms. The van der Waals surface area contributed by atoms with Crippen molar-refractivity contribution in [3.05, 3.63) is 47.6 Å². The molecule has 0 radical (unpaired) electrons. The lowest BCUT2D eigenvalue weighted by Gasteiger charge is -2.01. The Morgan fingerprint density at radius 1 is 1.05 bits per heavy atom. The quantitative estimate of drug-likeness (QED) is 0.823. The van der Waals surface area contributed by atoms with Gasteiger partial charge in [-0.2, -0.15) is 4.98 Å². The minimum atomic E-state index is 0.209. The lowest BCUT2D eigenvalue weighted by molar-refractivity contribution is 0.360. The van der Waals surface area contributed by atoms with Crippen LogP contribution >= 0.6 is 0 Å². The van der Waals surface area contributed by atoms with Crippen LogP contribution in [0.3, 0.4) is 0 Å². The van der Waals surface area contributed by atoms with Gasteiger partial charge in [-0.15, -0.1) is 0 Å². The van der Waals surface area contributed by atoms with Gasteiger partial charge >= 0.3 is 0 Å². The molecule has 2 fully saturated rings. The topological polar surface area (TPSA) is 38.9 Å². The van der Waals surface area contributed by atoms with Gasteiger partial charge in [0.25, 0.3) is 0 Å². The van der Waals surface area contributed by atoms with E-state index in [4.69, 9.17) is 9.51 Å². The van der Waals surface area contributed by atoms with Crippen LogP contribution in [0.1, 0.15) is 74.6 Å². The van der Waals surface area contributed by atoms with E-state index >= 15 is 0 Å². The summed E-state index contributed by atoms with van der Waals surface area (Å²) in [7, 11) is 0. The second-order valence-electron chi connectivity index (χ2n) is 7.16. The highest BCUT2D eigenvalue weighted by Crippen LogP contribution is 2.69. The van der Waals surface area contributed by atoms with Crippen LogP contribution in [-0.2, 0) is 0 Å². The summed E-state index contributed by atoms with van der Waals surface area (Å²) in [5.41, 5.74) is 1.59. The molecule has 2 aliphatic carbocycles. The molecule has 3 nitrogen and oxygen atoms in total. The van der Waals surface area contributed by atoms with Gasteiger partial charge in [0, 0.05) is 11.8 Å². The van der Waals surface area contributed by atoms with E-state index in [1.807, 2.05) is 0 Å². The van der Waals surface area contributed by atoms with E-state index in [0.717, 1.165) is 11.7 Å². The third kappa shape index (κ3) is 2.10. The molecular weight excluding hydrogens is 260 g/mol. The SMILES string of the molecule is CC1(C)[C@@H](c2ccccc2)[C@@H]1c1nc(C2CCCC2)no1. The minimum absolute atomic E-state index is 0.209. The summed E-state index contributed by atoms with van der Waals surface area (Å²) in [5, 5.41) is 4.27. The Morgan fingerprint density at radius 2 is 1.76 bits per heavy atom. The molecule has 4 rings (SSSR count). The molecule has 2 saturated carbocycles. The maximum atomic E-state index is 5.63. The van der Waals surface area contributed by atoms with E-state index in [2.05, 4.69) is 49.3 Å². The fourth-order valence-corrected chi connectivity index (χ4v) is 4.10. The highest BCUT2D eigenvalue weighted by Gasteiger charge is 2.61. The second kappa shape index (κ2) is 4.69. The summed E-state index contributed by atoms with van der Waals surface area (Å²) in [6, 6.07) is 10.7. The Morgan fingerprint density at radius 3 is 2.48 bits per heavy atom. The van der Waals surface area contributed by atoms with Crippen LogP contribution in [0, 0.1) is 5.41 Å². The number of hydrogen-bond acceptors (Lipinski definition) is 3. The standard InChI is InChI=1S/C18H22N2O/c1-18(2)14(12-8-4-3-5-9-12)15(18)17-19-16(20-21-17)13-10-6-7-11-13/h3-5,8-9,13-15H,6-7,10-11H2,1-2H3/t14-,15+/m0/s1. The van der Waals surface area contributed by atoms with Gasteiger partial charge in [0.2, 0.25) is 5.89 Å². The van der Waals surface area contributed by atoms with E-state index < -0.39 is 0 Å². The zero-order valence-corrected chi connectivity index (χ0v) is 12.7. The Hall–Kier alpha value is -1.64. The molecule has 0 amide bonds. The molecule has 0 N–H and O–H groups in total. The van der Waals surface area contributed by atoms with Gasteiger partial charge in [-0.25, -0.2) is 0 Å². The molecule has 110 valence electrons. The van der Waals surface area contributed by atoms with Gasteiger partial charge in [-0.05, 0) is 23.8 Å². The van der Waals surface area contributed by atoms with E-state index in [9.17, 15) is 0 Å². The van der Waals surface area contributed by atoms with Crippen LogP contribution in [0.25, 0.3) is 0 Å². The Balaban J connectivity index is 1.59. The third-order valence-electron chi connectivity index (χ3n) is 5.43. The molecule has 2 atom stereocenters. The molecular formula is C18H22N2O. The summed E-state index contributed by atoms with van der Waals surface area (Å²) < 4.78 is 5.63.